The van der Waals surface area contributed by atoms with Gasteiger partial charge in [-0.2, -0.15) is 0 Å². The number of rotatable bonds is 26. The van der Waals surface area contributed by atoms with E-state index in [0.29, 0.717) is 12.6 Å². The Hall–Kier alpha value is -0.120. The number of nitrogens with one attached hydrogen (secondary N) is 2. The number of unbranched alkanes of at least 4 members (excludes halogenated alkanes) is 19. The summed E-state index contributed by atoms with van der Waals surface area (Å²) >= 11 is 0. The Morgan fingerprint density at radius 2 is 0.900 bits per heavy atom. The van der Waals surface area contributed by atoms with E-state index in [9.17, 15) is 0 Å². The number of hydrogen-bond acceptors (Lipinski definition) is 3. The van der Waals surface area contributed by atoms with Crippen molar-refractivity contribution in [3.8, 4) is 0 Å². The fraction of sp³-hybridized carbons (Fsp3) is 1.00. The molecule has 1 atom stereocenters. The lowest BCUT2D eigenvalue weighted by atomic mass is 10.0. The van der Waals surface area contributed by atoms with E-state index in [1.54, 1.807) is 0 Å². The zero-order chi connectivity index (χ0) is 22.0. The third kappa shape index (κ3) is 25.9. The minimum atomic E-state index is 0.226. The van der Waals surface area contributed by atoms with Crippen LogP contribution >= 0.6 is 0 Å². The summed E-state index contributed by atoms with van der Waals surface area (Å²) in [5.41, 5.74) is 0. The van der Waals surface area contributed by atoms with Crippen LogP contribution in [0.1, 0.15) is 142 Å². The lowest BCUT2D eigenvalue weighted by Crippen LogP contribution is -2.38. The molecule has 182 valence electrons. The van der Waals surface area contributed by atoms with Gasteiger partial charge in [-0.25, -0.2) is 0 Å². The predicted molar refractivity (Wildman–Crippen MR) is 135 cm³/mol. The molecule has 0 aromatic rings. The van der Waals surface area contributed by atoms with Crippen molar-refractivity contribution in [3.05, 3.63) is 0 Å². The molecule has 0 aliphatic carbocycles. The summed E-state index contributed by atoms with van der Waals surface area (Å²) < 4.78 is 0. The Labute approximate surface area is 190 Å². The minimum Gasteiger partial charge on any atom is -0.395 e. The van der Waals surface area contributed by atoms with Gasteiger partial charge in [0.15, 0.2) is 0 Å². The number of aliphatic hydroxyl groups is 1. The predicted octanol–water partition coefficient (Wildman–Crippen LogP) is 7.37. The maximum atomic E-state index is 8.78. The molecule has 1 unspecified atom stereocenters. The van der Waals surface area contributed by atoms with E-state index in [4.69, 9.17) is 5.11 Å². The number of aliphatic hydroxyl groups excluding tert-OH is 1. The van der Waals surface area contributed by atoms with Crippen LogP contribution in [-0.2, 0) is 0 Å². The Bertz CT molecular complexity index is 299. The normalized spacial score (nSPS) is 12.5. The third-order valence-electron chi connectivity index (χ3n) is 6.26. The Morgan fingerprint density at radius 1 is 0.533 bits per heavy atom. The van der Waals surface area contributed by atoms with Crippen molar-refractivity contribution in [1.29, 1.82) is 0 Å². The van der Waals surface area contributed by atoms with Crippen molar-refractivity contribution >= 4 is 0 Å². The highest BCUT2D eigenvalue weighted by atomic mass is 16.3. The monoisotopic (exact) mass is 426 g/mol. The summed E-state index contributed by atoms with van der Waals surface area (Å²) in [6.07, 6.45) is 28.8. The molecular formula is C27H58N2O. The van der Waals surface area contributed by atoms with Crippen molar-refractivity contribution in [3.63, 3.8) is 0 Å². The van der Waals surface area contributed by atoms with Gasteiger partial charge in [0, 0.05) is 19.1 Å². The van der Waals surface area contributed by atoms with E-state index in [2.05, 4.69) is 24.5 Å². The van der Waals surface area contributed by atoms with Crippen LogP contribution in [0.2, 0.25) is 0 Å². The van der Waals surface area contributed by atoms with Gasteiger partial charge in [0.25, 0.3) is 0 Å². The van der Waals surface area contributed by atoms with Crippen molar-refractivity contribution in [2.24, 2.45) is 0 Å². The zero-order valence-corrected chi connectivity index (χ0v) is 21.0. The Balaban J connectivity index is 3.03. The smallest absolute Gasteiger partial charge is 0.0556 e. The third-order valence-corrected chi connectivity index (χ3v) is 6.26. The summed E-state index contributed by atoms with van der Waals surface area (Å²) in [7, 11) is 0. The molecule has 30 heavy (non-hydrogen) atoms. The van der Waals surface area contributed by atoms with Gasteiger partial charge in [-0.05, 0) is 19.9 Å². The van der Waals surface area contributed by atoms with Crippen LogP contribution in [0, 0.1) is 0 Å². The van der Waals surface area contributed by atoms with Gasteiger partial charge < -0.3 is 15.7 Å². The van der Waals surface area contributed by atoms with E-state index >= 15 is 0 Å². The summed E-state index contributed by atoms with van der Waals surface area (Å²) in [4.78, 5) is 0. The van der Waals surface area contributed by atoms with Crippen LogP contribution in [0.15, 0.2) is 0 Å². The Morgan fingerprint density at radius 3 is 1.27 bits per heavy atom. The van der Waals surface area contributed by atoms with Gasteiger partial charge in [0.2, 0.25) is 0 Å². The molecule has 0 aliphatic rings. The summed E-state index contributed by atoms with van der Waals surface area (Å²) in [6.45, 7) is 7.51. The second kappa shape index (κ2) is 26.9. The van der Waals surface area contributed by atoms with Crippen LogP contribution in [0.25, 0.3) is 0 Å². The van der Waals surface area contributed by atoms with Gasteiger partial charge in [-0.3, -0.25) is 0 Å². The molecule has 0 amide bonds. The minimum absolute atomic E-state index is 0.226. The molecule has 0 aromatic heterocycles. The van der Waals surface area contributed by atoms with E-state index in [1.165, 1.54) is 128 Å². The SMILES string of the molecule is CCCCCCCCCCCCCCCCCCCCCCNCC(C)NCCO. The van der Waals surface area contributed by atoms with E-state index in [0.717, 1.165) is 13.1 Å². The summed E-state index contributed by atoms with van der Waals surface area (Å²) in [6, 6.07) is 0.447. The quantitative estimate of drug-likeness (QED) is 0.126. The molecule has 3 nitrogen and oxygen atoms in total. The highest BCUT2D eigenvalue weighted by Crippen LogP contribution is 2.14. The van der Waals surface area contributed by atoms with Crippen LogP contribution in [0.4, 0.5) is 0 Å². The molecule has 0 bridgehead atoms. The standard InChI is InChI=1S/C27H58N2O/c1-3-4-5-6-7-8-9-10-11-12-13-14-15-16-17-18-19-20-21-22-23-28-26-27(2)29-24-25-30/h27-30H,3-26H2,1-2H3. The number of hydrogen-bond donors (Lipinski definition) is 3. The second-order valence-electron chi connectivity index (χ2n) is 9.50. The van der Waals surface area contributed by atoms with Crippen LogP contribution in [0.5, 0.6) is 0 Å². The molecule has 3 heteroatoms. The van der Waals surface area contributed by atoms with E-state index in [-0.39, 0.29) is 6.61 Å². The van der Waals surface area contributed by atoms with E-state index in [1.807, 2.05) is 0 Å². The fourth-order valence-electron chi connectivity index (χ4n) is 4.21. The van der Waals surface area contributed by atoms with Crippen molar-refractivity contribution in [2.45, 2.75) is 148 Å². The molecule has 0 spiro atoms. The van der Waals surface area contributed by atoms with Crippen LogP contribution in [-0.4, -0.2) is 37.4 Å². The fourth-order valence-corrected chi connectivity index (χ4v) is 4.21. The maximum Gasteiger partial charge on any atom is 0.0556 e. The topological polar surface area (TPSA) is 44.3 Å². The lowest BCUT2D eigenvalue weighted by molar-refractivity contribution is 0.285. The van der Waals surface area contributed by atoms with Crippen LogP contribution in [0.3, 0.4) is 0 Å². The molecule has 0 aliphatic heterocycles. The van der Waals surface area contributed by atoms with Gasteiger partial charge in [0.05, 0.1) is 6.61 Å². The molecule has 0 radical (unpaired) electrons. The molecule has 0 rings (SSSR count). The highest BCUT2D eigenvalue weighted by molar-refractivity contribution is 4.63. The molecule has 0 fully saturated rings. The van der Waals surface area contributed by atoms with Crippen molar-refractivity contribution < 1.29 is 5.11 Å². The molecule has 0 heterocycles. The first-order chi connectivity index (χ1) is 14.8. The molecule has 0 saturated carbocycles. The summed E-state index contributed by atoms with van der Waals surface area (Å²) in [5.74, 6) is 0. The lowest BCUT2D eigenvalue weighted by Gasteiger charge is -2.13. The molecule has 0 saturated heterocycles. The van der Waals surface area contributed by atoms with Gasteiger partial charge in [-0.1, -0.05) is 129 Å². The van der Waals surface area contributed by atoms with Gasteiger partial charge in [-0.15, -0.1) is 0 Å². The first-order valence-corrected chi connectivity index (χ1v) is 13.9. The van der Waals surface area contributed by atoms with Gasteiger partial charge in [0.1, 0.15) is 0 Å². The summed E-state index contributed by atoms with van der Waals surface area (Å²) in [5, 5.41) is 15.6. The highest BCUT2D eigenvalue weighted by Gasteiger charge is 1.99. The first kappa shape index (κ1) is 29.9. The average Bonchev–Trinajstić information content (AvgIpc) is 2.75. The largest absolute Gasteiger partial charge is 0.395 e. The average molecular weight is 427 g/mol. The van der Waals surface area contributed by atoms with E-state index < -0.39 is 0 Å². The zero-order valence-electron chi connectivity index (χ0n) is 21.0. The van der Waals surface area contributed by atoms with Gasteiger partial charge >= 0.3 is 0 Å². The molecule has 0 aromatic carbocycles. The van der Waals surface area contributed by atoms with Crippen LogP contribution < -0.4 is 10.6 Å². The Kier molecular flexibility index (Phi) is 26.8. The first-order valence-electron chi connectivity index (χ1n) is 13.9. The molecular weight excluding hydrogens is 368 g/mol. The van der Waals surface area contributed by atoms with Crippen molar-refractivity contribution in [2.75, 3.05) is 26.2 Å². The molecule has 3 N–H and O–H groups in total. The van der Waals surface area contributed by atoms with Crippen molar-refractivity contribution in [1.82, 2.24) is 10.6 Å². The second-order valence-corrected chi connectivity index (χ2v) is 9.50. The maximum absolute atomic E-state index is 8.78.